The highest BCUT2D eigenvalue weighted by Gasteiger charge is 2.14. The fraction of sp³-hybridized carbons (Fsp3) is 0.400. The maximum absolute atomic E-state index is 11.5. The van der Waals surface area contributed by atoms with E-state index in [2.05, 4.69) is 0 Å². The largest absolute Gasteiger partial charge is 0.493 e. The number of hydrogen-bond acceptors (Lipinski definition) is 5. The van der Waals surface area contributed by atoms with Gasteiger partial charge in [0.25, 0.3) is 0 Å². The van der Waals surface area contributed by atoms with Gasteiger partial charge in [-0.1, -0.05) is 0 Å². The summed E-state index contributed by atoms with van der Waals surface area (Å²) in [6.45, 7) is 3.59. The molecule has 1 aromatic rings. The molecule has 110 valence electrons. The summed E-state index contributed by atoms with van der Waals surface area (Å²) in [6, 6.07) is 3.52. The van der Waals surface area contributed by atoms with Crippen LogP contribution in [0.3, 0.4) is 0 Å². The van der Waals surface area contributed by atoms with Crippen LogP contribution in [0.25, 0.3) is 6.08 Å². The minimum atomic E-state index is -0.406. The molecule has 0 aliphatic rings. The van der Waals surface area contributed by atoms with Crippen LogP contribution >= 0.6 is 0 Å². The van der Waals surface area contributed by atoms with Crippen LogP contribution in [0.5, 0.6) is 17.2 Å². The normalized spacial score (nSPS) is 10.7. The number of carbonyl (C=O) groups is 1. The van der Waals surface area contributed by atoms with Gasteiger partial charge in [0.15, 0.2) is 11.5 Å². The van der Waals surface area contributed by atoms with E-state index in [-0.39, 0.29) is 6.10 Å². The highest BCUT2D eigenvalue weighted by molar-refractivity contribution is 5.88. The van der Waals surface area contributed by atoms with E-state index in [0.717, 1.165) is 0 Å². The molecule has 0 N–H and O–H groups in total. The van der Waals surface area contributed by atoms with Crippen molar-refractivity contribution in [1.29, 1.82) is 0 Å². The molecule has 0 aromatic heterocycles. The number of esters is 1. The first-order valence-corrected chi connectivity index (χ1v) is 6.21. The Kier molecular flexibility index (Phi) is 5.90. The van der Waals surface area contributed by atoms with Crippen molar-refractivity contribution in [1.82, 2.24) is 0 Å². The molecule has 0 bridgehead atoms. The zero-order chi connectivity index (χ0) is 15.1. The summed E-state index contributed by atoms with van der Waals surface area (Å²) in [5.41, 5.74) is 0.700. The summed E-state index contributed by atoms with van der Waals surface area (Å²) < 4.78 is 20.8. The summed E-state index contributed by atoms with van der Waals surface area (Å²) in [7, 11) is 4.61. The molecule has 0 heterocycles. The molecule has 0 amide bonds. The highest BCUT2D eigenvalue weighted by atomic mass is 16.5. The molecule has 1 aromatic carbocycles. The molecular formula is C15H20O5. The van der Waals surface area contributed by atoms with Gasteiger partial charge in [0.05, 0.1) is 27.4 Å². The maximum atomic E-state index is 11.5. The van der Waals surface area contributed by atoms with Crippen molar-refractivity contribution in [3.8, 4) is 17.2 Å². The smallest absolute Gasteiger partial charge is 0.331 e. The molecule has 0 atom stereocenters. The Bertz CT molecular complexity index is 491. The predicted octanol–water partition coefficient (Wildman–Crippen LogP) is 2.68. The Morgan fingerprint density at radius 3 is 2.20 bits per heavy atom. The van der Waals surface area contributed by atoms with Gasteiger partial charge in [0.2, 0.25) is 5.75 Å². The average molecular weight is 280 g/mol. The summed E-state index contributed by atoms with van der Waals surface area (Å²) in [6.07, 6.45) is 2.81. The van der Waals surface area contributed by atoms with E-state index in [1.807, 2.05) is 0 Å². The lowest BCUT2D eigenvalue weighted by molar-refractivity contribution is -0.141. The molecule has 0 aliphatic carbocycles. The molecular weight excluding hydrogens is 260 g/mol. The third kappa shape index (κ3) is 3.91. The Hall–Kier alpha value is -2.17. The van der Waals surface area contributed by atoms with Crippen molar-refractivity contribution >= 4 is 12.0 Å². The lowest BCUT2D eigenvalue weighted by Crippen LogP contribution is -2.08. The summed E-state index contributed by atoms with van der Waals surface area (Å²) in [5, 5.41) is 0. The number of ether oxygens (including phenoxy) is 4. The van der Waals surface area contributed by atoms with Crippen molar-refractivity contribution < 1.29 is 23.7 Å². The van der Waals surface area contributed by atoms with Crippen molar-refractivity contribution in [2.45, 2.75) is 20.0 Å². The molecule has 20 heavy (non-hydrogen) atoms. The average Bonchev–Trinajstić information content (AvgIpc) is 2.42. The van der Waals surface area contributed by atoms with E-state index in [1.54, 1.807) is 39.2 Å². The van der Waals surface area contributed by atoms with E-state index >= 15 is 0 Å². The fourth-order valence-electron chi connectivity index (χ4n) is 1.69. The molecule has 0 radical (unpaired) electrons. The van der Waals surface area contributed by atoms with Gasteiger partial charge >= 0.3 is 5.97 Å². The Labute approximate surface area is 119 Å². The minimum Gasteiger partial charge on any atom is -0.493 e. The molecule has 0 saturated carbocycles. The quantitative estimate of drug-likeness (QED) is 0.592. The van der Waals surface area contributed by atoms with Crippen LogP contribution < -0.4 is 14.2 Å². The van der Waals surface area contributed by atoms with E-state index in [4.69, 9.17) is 18.9 Å². The number of benzene rings is 1. The van der Waals surface area contributed by atoms with Crippen molar-refractivity contribution in [3.05, 3.63) is 23.8 Å². The first kappa shape index (κ1) is 15.9. The fourth-order valence-corrected chi connectivity index (χ4v) is 1.69. The molecule has 5 nitrogen and oxygen atoms in total. The molecule has 0 aliphatic heterocycles. The van der Waals surface area contributed by atoms with Crippen LogP contribution in [-0.2, 0) is 9.53 Å². The predicted molar refractivity (Wildman–Crippen MR) is 76.4 cm³/mol. The van der Waals surface area contributed by atoms with Crippen molar-refractivity contribution in [3.63, 3.8) is 0 Å². The third-order valence-electron chi connectivity index (χ3n) is 2.49. The summed E-state index contributed by atoms with van der Waals surface area (Å²) in [4.78, 5) is 11.5. The van der Waals surface area contributed by atoms with Crippen molar-refractivity contribution in [2.75, 3.05) is 21.3 Å². The Morgan fingerprint density at radius 2 is 1.70 bits per heavy atom. The highest BCUT2D eigenvalue weighted by Crippen LogP contribution is 2.40. The van der Waals surface area contributed by atoms with Gasteiger partial charge in [0.1, 0.15) is 0 Å². The Morgan fingerprint density at radius 1 is 1.05 bits per heavy atom. The van der Waals surface area contributed by atoms with Gasteiger partial charge in [-0.2, -0.15) is 0 Å². The number of methoxy groups -OCH3 is 3. The number of hydrogen-bond donors (Lipinski definition) is 0. The molecule has 0 saturated heterocycles. The van der Waals surface area contributed by atoms with Crippen LogP contribution in [0, 0.1) is 0 Å². The number of rotatable bonds is 6. The minimum absolute atomic E-state index is 0.153. The van der Waals surface area contributed by atoms with Gasteiger partial charge in [-0.05, 0) is 32.1 Å². The topological polar surface area (TPSA) is 54.0 Å². The SMILES string of the molecule is COc1ccc(/C=C/C(=O)OC(C)C)c(OC)c1OC. The zero-order valence-corrected chi connectivity index (χ0v) is 12.4. The van der Waals surface area contributed by atoms with Crippen LogP contribution in [0.4, 0.5) is 0 Å². The van der Waals surface area contributed by atoms with E-state index in [1.165, 1.54) is 20.3 Å². The molecule has 0 spiro atoms. The van der Waals surface area contributed by atoms with Crippen LogP contribution in [0.15, 0.2) is 18.2 Å². The van der Waals surface area contributed by atoms with Crippen LogP contribution in [-0.4, -0.2) is 33.4 Å². The van der Waals surface area contributed by atoms with Crippen LogP contribution in [0.2, 0.25) is 0 Å². The number of carbonyl (C=O) groups excluding carboxylic acids is 1. The van der Waals surface area contributed by atoms with Gasteiger partial charge < -0.3 is 18.9 Å². The van der Waals surface area contributed by atoms with Gasteiger partial charge in [-0.25, -0.2) is 4.79 Å². The maximum Gasteiger partial charge on any atom is 0.331 e. The van der Waals surface area contributed by atoms with E-state index in [0.29, 0.717) is 22.8 Å². The van der Waals surface area contributed by atoms with Gasteiger partial charge in [0, 0.05) is 11.6 Å². The van der Waals surface area contributed by atoms with E-state index < -0.39 is 5.97 Å². The second-order valence-corrected chi connectivity index (χ2v) is 4.24. The second-order valence-electron chi connectivity index (χ2n) is 4.24. The van der Waals surface area contributed by atoms with Gasteiger partial charge in [-0.3, -0.25) is 0 Å². The second kappa shape index (κ2) is 7.43. The molecule has 0 fully saturated rings. The summed E-state index contributed by atoms with van der Waals surface area (Å²) >= 11 is 0. The molecule has 0 unspecified atom stereocenters. The Balaban J connectivity index is 3.07. The first-order valence-electron chi connectivity index (χ1n) is 6.21. The lowest BCUT2D eigenvalue weighted by atomic mass is 10.1. The first-order chi connectivity index (χ1) is 9.53. The summed E-state index contributed by atoms with van der Waals surface area (Å²) in [5.74, 6) is 1.14. The van der Waals surface area contributed by atoms with Crippen molar-refractivity contribution in [2.24, 2.45) is 0 Å². The van der Waals surface area contributed by atoms with E-state index in [9.17, 15) is 4.79 Å². The monoisotopic (exact) mass is 280 g/mol. The van der Waals surface area contributed by atoms with Crippen LogP contribution in [0.1, 0.15) is 19.4 Å². The standard InChI is InChI=1S/C15H20O5/c1-10(2)20-13(16)9-7-11-6-8-12(17-3)15(19-5)14(11)18-4/h6-10H,1-5H3/b9-7+. The van der Waals surface area contributed by atoms with Gasteiger partial charge in [-0.15, -0.1) is 0 Å². The third-order valence-corrected chi connectivity index (χ3v) is 2.49. The molecule has 1 rings (SSSR count). The zero-order valence-electron chi connectivity index (χ0n) is 12.4. The molecule has 5 heteroatoms. The lowest BCUT2D eigenvalue weighted by Gasteiger charge is -2.14.